The molecule has 0 radical (unpaired) electrons. The highest BCUT2D eigenvalue weighted by molar-refractivity contribution is 5.94. The molecule has 0 aliphatic rings. The summed E-state index contributed by atoms with van der Waals surface area (Å²) in [5, 5.41) is 0. The molecule has 3 rings (SSSR count). The first-order valence-electron chi connectivity index (χ1n) is 6.08. The van der Waals surface area contributed by atoms with E-state index < -0.39 is 5.82 Å². The number of hydrogen-bond acceptors (Lipinski definition) is 2. The second-order valence-electron chi connectivity index (χ2n) is 4.53. The number of halogens is 1. The van der Waals surface area contributed by atoms with Gasteiger partial charge in [0, 0.05) is 5.56 Å². The number of aromatic amines is 1. The topological polar surface area (TPSA) is 54.9 Å². The molecule has 0 aliphatic heterocycles. The van der Waals surface area contributed by atoms with E-state index in [0.717, 1.165) is 0 Å². The molecule has 100 valence electrons. The molecule has 0 aliphatic carbocycles. The second-order valence-corrected chi connectivity index (χ2v) is 4.53. The minimum atomic E-state index is -0.414. The van der Waals surface area contributed by atoms with Crippen LogP contribution >= 0.6 is 0 Å². The van der Waals surface area contributed by atoms with Crippen molar-refractivity contribution in [2.75, 3.05) is 0 Å². The van der Waals surface area contributed by atoms with Gasteiger partial charge >= 0.3 is 5.69 Å². The summed E-state index contributed by atoms with van der Waals surface area (Å²) < 4.78 is 14.6. The smallest absolute Gasteiger partial charge is 0.305 e. The number of rotatable bonds is 2. The van der Waals surface area contributed by atoms with Crippen molar-refractivity contribution in [1.29, 1.82) is 0 Å². The molecule has 2 aromatic carbocycles. The van der Waals surface area contributed by atoms with Crippen LogP contribution in [0, 0.1) is 5.82 Å². The molecule has 0 bridgehead atoms. The van der Waals surface area contributed by atoms with Gasteiger partial charge in [0.05, 0.1) is 16.7 Å². The lowest BCUT2D eigenvalue weighted by Crippen LogP contribution is -2.14. The van der Waals surface area contributed by atoms with Crippen LogP contribution < -0.4 is 5.69 Å². The van der Waals surface area contributed by atoms with E-state index in [-0.39, 0.29) is 11.5 Å². The van der Waals surface area contributed by atoms with Crippen molar-refractivity contribution in [2.45, 2.75) is 6.92 Å². The summed E-state index contributed by atoms with van der Waals surface area (Å²) in [5.41, 5.74) is 1.71. The van der Waals surface area contributed by atoms with Gasteiger partial charge in [0.15, 0.2) is 5.78 Å². The van der Waals surface area contributed by atoms with Gasteiger partial charge in [-0.2, -0.15) is 0 Å². The van der Waals surface area contributed by atoms with Crippen LogP contribution in [0.5, 0.6) is 0 Å². The molecule has 0 unspecified atom stereocenters. The van der Waals surface area contributed by atoms with E-state index >= 15 is 0 Å². The van der Waals surface area contributed by atoms with E-state index in [1.165, 1.54) is 29.7 Å². The maximum absolute atomic E-state index is 13.2. The van der Waals surface area contributed by atoms with E-state index in [9.17, 15) is 14.0 Å². The van der Waals surface area contributed by atoms with Crippen molar-refractivity contribution in [2.24, 2.45) is 0 Å². The zero-order valence-corrected chi connectivity index (χ0v) is 10.7. The van der Waals surface area contributed by atoms with Crippen molar-refractivity contribution in [3.8, 4) is 5.69 Å². The van der Waals surface area contributed by atoms with Crippen LogP contribution in [0.25, 0.3) is 16.7 Å². The Morgan fingerprint density at radius 3 is 2.75 bits per heavy atom. The number of imidazole rings is 1. The lowest BCUT2D eigenvalue weighted by atomic mass is 10.1. The third kappa shape index (κ3) is 1.93. The number of H-pyrrole nitrogens is 1. The Labute approximate surface area is 113 Å². The number of aromatic nitrogens is 2. The average molecular weight is 270 g/mol. The maximum atomic E-state index is 13.2. The largest absolute Gasteiger partial charge is 0.331 e. The molecule has 0 amide bonds. The zero-order valence-electron chi connectivity index (χ0n) is 10.7. The van der Waals surface area contributed by atoms with Crippen molar-refractivity contribution in [3.05, 3.63) is 64.3 Å². The summed E-state index contributed by atoms with van der Waals surface area (Å²) >= 11 is 0. The Kier molecular flexibility index (Phi) is 2.75. The Hall–Kier alpha value is -2.69. The Morgan fingerprint density at radius 2 is 2.00 bits per heavy atom. The monoisotopic (exact) mass is 270 g/mol. The number of nitrogens with one attached hydrogen (secondary N) is 1. The van der Waals surface area contributed by atoms with Crippen LogP contribution in [0.1, 0.15) is 17.3 Å². The summed E-state index contributed by atoms with van der Waals surface area (Å²) in [6, 6.07) is 10.9. The van der Waals surface area contributed by atoms with Gasteiger partial charge in [-0.1, -0.05) is 12.1 Å². The fourth-order valence-corrected chi connectivity index (χ4v) is 2.20. The molecule has 20 heavy (non-hydrogen) atoms. The third-order valence-electron chi connectivity index (χ3n) is 3.16. The van der Waals surface area contributed by atoms with Gasteiger partial charge in [-0.3, -0.25) is 9.36 Å². The highest BCUT2D eigenvalue weighted by Crippen LogP contribution is 2.17. The quantitative estimate of drug-likeness (QED) is 0.728. The van der Waals surface area contributed by atoms with E-state index in [1.807, 2.05) is 0 Å². The van der Waals surface area contributed by atoms with Gasteiger partial charge in [0.25, 0.3) is 0 Å². The van der Waals surface area contributed by atoms with Crippen LogP contribution in [0.4, 0.5) is 4.39 Å². The molecule has 0 saturated carbocycles. The van der Waals surface area contributed by atoms with E-state index in [0.29, 0.717) is 22.3 Å². The van der Waals surface area contributed by atoms with Crippen molar-refractivity contribution in [1.82, 2.24) is 9.55 Å². The van der Waals surface area contributed by atoms with E-state index in [2.05, 4.69) is 4.98 Å². The van der Waals surface area contributed by atoms with Crippen molar-refractivity contribution >= 4 is 16.8 Å². The summed E-state index contributed by atoms with van der Waals surface area (Å²) in [6.45, 7) is 1.46. The first-order chi connectivity index (χ1) is 9.56. The molecule has 3 aromatic rings. The molecule has 0 spiro atoms. The normalized spacial score (nSPS) is 10.9. The van der Waals surface area contributed by atoms with Crippen LogP contribution in [0.3, 0.4) is 0 Å². The van der Waals surface area contributed by atoms with Gasteiger partial charge in [0.1, 0.15) is 5.82 Å². The number of carbonyl (C=O) groups excluding carboxylic acids is 1. The maximum Gasteiger partial charge on any atom is 0.331 e. The molecule has 0 saturated heterocycles. The lowest BCUT2D eigenvalue weighted by Gasteiger charge is -2.05. The van der Waals surface area contributed by atoms with Gasteiger partial charge in [-0.25, -0.2) is 9.18 Å². The second kappa shape index (κ2) is 4.45. The first kappa shape index (κ1) is 12.3. The highest BCUT2D eigenvalue weighted by Gasteiger charge is 2.10. The number of ketones is 1. The number of Topliss-reactive ketones (excluding diaryl/α,β-unsaturated/α-hetero) is 1. The number of fused-ring (bicyclic) bond motifs is 1. The summed E-state index contributed by atoms with van der Waals surface area (Å²) in [6.07, 6.45) is 0. The average Bonchev–Trinajstić information content (AvgIpc) is 2.73. The summed E-state index contributed by atoms with van der Waals surface area (Å²) in [5.74, 6) is -0.492. The fraction of sp³-hybridized carbons (Fsp3) is 0.0667. The highest BCUT2D eigenvalue weighted by atomic mass is 19.1. The van der Waals surface area contributed by atoms with Gasteiger partial charge < -0.3 is 4.98 Å². The third-order valence-corrected chi connectivity index (χ3v) is 3.16. The van der Waals surface area contributed by atoms with Crippen molar-refractivity contribution < 1.29 is 9.18 Å². The van der Waals surface area contributed by atoms with Crippen molar-refractivity contribution in [3.63, 3.8) is 0 Å². The lowest BCUT2D eigenvalue weighted by molar-refractivity contribution is 0.101. The summed E-state index contributed by atoms with van der Waals surface area (Å²) in [7, 11) is 0. The molecule has 1 N–H and O–H groups in total. The molecule has 4 nitrogen and oxygen atoms in total. The molecular formula is C15H11FN2O2. The molecule has 1 aromatic heterocycles. The SMILES string of the molecule is CC(=O)c1cccc(-n2c(=O)[nH]c3cc(F)ccc32)c1. The summed E-state index contributed by atoms with van der Waals surface area (Å²) in [4.78, 5) is 26.0. The number of nitrogens with zero attached hydrogens (tertiary/aromatic N) is 1. The van der Waals surface area contributed by atoms with Gasteiger partial charge in [0.2, 0.25) is 0 Å². The zero-order chi connectivity index (χ0) is 14.3. The van der Waals surface area contributed by atoms with E-state index in [1.54, 1.807) is 24.3 Å². The van der Waals surface area contributed by atoms with E-state index in [4.69, 9.17) is 0 Å². The number of carbonyl (C=O) groups is 1. The van der Waals surface area contributed by atoms with Gasteiger partial charge in [-0.05, 0) is 37.3 Å². The molecule has 0 atom stereocenters. The van der Waals surface area contributed by atoms with Crippen LogP contribution in [0.15, 0.2) is 47.3 Å². The van der Waals surface area contributed by atoms with Crippen LogP contribution in [0.2, 0.25) is 0 Å². The Morgan fingerprint density at radius 1 is 1.20 bits per heavy atom. The predicted octanol–water partition coefficient (Wildman–Crippen LogP) is 2.66. The number of benzene rings is 2. The van der Waals surface area contributed by atoms with Gasteiger partial charge in [-0.15, -0.1) is 0 Å². The molecule has 1 heterocycles. The Balaban J connectivity index is 2.29. The molecule has 5 heteroatoms. The minimum absolute atomic E-state index is 0.0780. The predicted molar refractivity (Wildman–Crippen MR) is 73.9 cm³/mol. The fourth-order valence-electron chi connectivity index (χ4n) is 2.20. The standard InChI is InChI=1S/C15H11FN2O2/c1-9(19)10-3-2-4-12(7-10)18-14-6-5-11(16)8-13(14)17-15(18)20/h2-8H,1H3,(H,17,20). The minimum Gasteiger partial charge on any atom is -0.305 e. The van der Waals surface area contributed by atoms with Crippen LogP contribution in [-0.2, 0) is 0 Å². The number of hydrogen-bond donors (Lipinski definition) is 1. The van der Waals surface area contributed by atoms with Crippen LogP contribution in [-0.4, -0.2) is 15.3 Å². The molecule has 0 fully saturated rings. The first-order valence-corrected chi connectivity index (χ1v) is 6.08. The Bertz CT molecular complexity index is 877. The molecular weight excluding hydrogens is 259 g/mol.